The predicted octanol–water partition coefficient (Wildman–Crippen LogP) is 5.09. The molecule has 0 aromatic heterocycles. The number of likely N-dealkylation sites (tertiary alicyclic amines) is 1. The van der Waals surface area contributed by atoms with E-state index in [2.05, 4.69) is 7.05 Å². The lowest BCUT2D eigenvalue weighted by molar-refractivity contribution is -0.916. The molecule has 1 rings (SSSR count). The van der Waals surface area contributed by atoms with E-state index in [1.807, 2.05) is 13.8 Å². The van der Waals surface area contributed by atoms with E-state index < -0.39 is 11.1 Å². The van der Waals surface area contributed by atoms with Gasteiger partial charge in [-0.25, -0.2) is 0 Å². The molecular weight excluding hydrogens is 420 g/mol. The minimum atomic E-state index is -0.713. The number of quaternary nitrogens is 1. The zero-order valence-corrected chi connectivity index (χ0v) is 19.4. The number of piperidine rings is 1. The summed E-state index contributed by atoms with van der Waals surface area (Å²) >= 11 is 23.6. The highest BCUT2D eigenvalue weighted by Gasteiger charge is 2.37. The lowest BCUT2D eigenvalue weighted by atomic mass is 9.96. The van der Waals surface area contributed by atoms with Crippen LogP contribution in [0.2, 0.25) is 0 Å². The molecule has 0 aromatic rings. The van der Waals surface area contributed by atoms with Crippen molar-refractivity contribution in [2.75, 3.05) is 26.7 Å². The van der Waals surface area contributed by atoms with E-state index in [1.54, 1.807) is 13.8 Å². The van der Waals surface area contributed by atoms with Crippen LogP contribution in [-0.4, -0.2) is 62.2 Å². The topological polar surface area (TPSA) is 32.8 Å². The van der Waals surface area contributed by atoms with E-state index in [0.29, 0.717) is 6.42 Å². The molecule has 0 spiro atoms. The quantitative estimate of drug-likeness (QED) is 0.278. The molecule has 1 saturated heterocycles. The third-order valence-corrected chi connectivity index (χ3v) is 6.89. The molecule has 0 aliphatic carbocycles. The lowest BCUT2D eigenvalue weighted by Gasteiger charge is -2.41. The van der Waals surface area contributed by atoms with Gasteiger partial charge in [0.15, 0.2) is 6.10 Å². The Labute approximate surface area is 178 Å². The summed E-state index contributed by atoms with van der Waals surface area (Å²) in [4.78, 5) is 12.5. The molecule has 0 amide bonds. The maximum absolute atomic E-state index is 12.5. The molecule has 154 valence electrons. The van der Waals surface area contributed by atoms with E-state index >= 15 is 0 Å². The number of esters is 1. The Morgan fingerprint density at radius 3 is 1.96 bits per heavy atom. The zero-order valence-electron chi connectivity index (χ0n) is 16.4. The molecular formula is C17H32Cl4N3O2+. The van der Waals surface area contributed by atoms with Crippen LogP contribution in [0.3, 0.4) is 0 Å². The van der Waals surface area contributed by atoms with E-state index in [9.17, 15) is 4.79 Å². The van der Waals surface area contributed by atoms with Crippen molar-refractivity contribution in [1.82, 2.24) is 7.88 Å². The van der Waals surface area contributed by atoms with Crippen molar-refractivity contribution < 1.29 is 14.0 Å². The summed E-state index contributed by atoms with van der Waals surface area (Å²) in [6, 6.07) is 0. The van der Waals surface area contributed by atoms with Crippen molar-refractivity contribution in [2.45, 2.75) is 77.0 Å². The van der Waals surface area contributed by atoms with Crippen molar-refractivity contribution >= 4 is 53.1 Å². The molecule has 1 heterocycles. The van der Waals surface area contributed by atoms with Crippen molar-refractivity contribution in [3.8, 4) is 0 Å². The summed E-state index contributed by atoms with van der Waals surface area (Å²) in [7, 11) is 2.22. The van der Waals surface area contributed by atoms with Crippen molar-refractivity contribution in [3.05, 3.63) is 0 Å². The van der Waals surface area contributed by atoms with E-state index in [-0.39, 0.29) is 18.5 Å². The van der Waals surface area contributed by atoms with Crippen molar-refractivity contribution in [3.63, 3.8) is 0 Å². The average Bonchev–Trinajstić information content (AvgIpc) is 2.45. The molecule has 9 heteroatoms. The fraction of sp³-hybridized carbons (Fsp3) is 0.941. The van der Waals surface area contributed by atoms with Crippen LogP contribution in [0.1, 0.15) is 59.8 Å². The second-order valence-corrected chi connectivity index (χ2v) is 10.6. The van der Waals surface area contributed by atoms with Crippen LogP contribution in [0.5, 0.6) is 0 Å². The van der Waals surface area contributed by atoms with Gasteiger partial charge < -0.3 is 9.22 Å². The molecule has 0 radical (unpaired) electrons. The number of carbonyl (C=O) groups excluding carboxylic acids is 1. The molecule has 0 aromatic carbocycles. The maximum Gasteiger partial charge on any atom is 0.308 e. The van der Waals surface area contributed by atoms with Crippen LogP contribution < -0.4 is 0 Å². The van der Waals surface area contributed by atoms with Gasteiger partial charge >= 0.3 is 5.97 Å². The fourth-order valence-corrected chi connectivity index (χ4v) is 3.62. The summed E-state index contributed by atoms with van der Waals surface area (Å²) in [5.74, 6) is -0.332. The molecule has 0 bridgehead atoms. The third kappa shape index (κ3) is 7.86. The van der Waals surface area contributed by atoms with Gasteiger partial charge in [-0.15, -0.1) is 7.88 Å². The van der Waals surface area contributed by atoms with E-state index in [4.69, 9.17) is 51.8 Å². The maximum atomic E-state index is 12.5. The Morgan fingerprint density at radius 1 is 1.00 bits per heavy atom. The van der Waals surface area contributed by atoms with Gasteiger partial charge in [0, 0.05) is 6.42 Å². The third-order valence-electron chi connectivity index (χ3n) is 5.06. The molecule has 1 aliphatic rings. The zero-order chi connectivity index (χ0) is 20.2. The number of hydrogen-bond acceptors (Lipinski definition) is 4. The molecule has 1 aliphatic heterocycles. The van der Waals surface area contributed by atoms with Crippen LogP contribution in [0, 0.1) is 0 Å². The number of halogens is 4. The predicted molar refractivity (Wildman–Crippen MR) is 109 cm³/mol. The minimum Gasteiger partial charge on any atom is -0.456 e. The van der Waals surface area contributed by atoms with Gasteiger partial charge in [-0.05, 0) is 94.1 Å². The minimum absolute atomic E-state index is 0.0894. The van der Waals surface area contributed by atoms with Gasteiger partial charge in [-0.3, -0.25) is 4.79 Å². The molecule has 26 heavy (non-hydrogen) atoms. The van der Waals surface area contributed by atoms with Gasteiger partial charge in [0.05, 0.1) is 37.6 Å². The number of rotatable bonds is 9. The van der Waals surface area contributed by atoms with Crippen LogP contribution in [0.4, 0.5) is 0 Å². The van der Waals surface area contributed by atoms with Crippen LogP contribution in [0.25, 0.3) is 0 Å². The van der Waals surface area contributed by atoms with Gasteiger partial charge in [-0.2, -0.15) is 0 Å². The summed E-state index contributed by atoms with van der Waals surface area (Å²) in [5.41, 5.74) is -1.24. The smallest absolute Gasteiger partial charge is 0.308 e. The largest absolute Gasteiger partial charge is 0.456 e. The lowest BCUT2D eigenvalue weighted by Crippen LogP contribution is -2.54. The Bertz CT molecular complexity index is 467. The van der Waals surface area contributed by atoms with Crippen LogP contribution in [-0.2, 0) is 9.53 Å². The monoisotopic (exact) mass is 450 g/mol. The summed E-state index contributed by atoms with van der Waals surface area (Å²) in [6.07, 6.45) is 3.97. The van der Waals surface area contributed by atoms with Crippen LogP contribution in [0.15, 0.2) is 0 Å². The van der Waals surface area contributed by atoms with Crippen LogP contribution >= 0.6 is 47.1 Å². The van der Waals surface area contributed by atoms with Gasteiger partial charge in [0.25, 0.3) is 0 Å². The number of hydrogen-bond donors (Lipinski definition) is 0. The first-order valence-electron chi connectivity index (χ1n) is 9.04. The number of ether oxygens (including phenoxy) is 1. The second-order valence-electron chi connectivity index (χ2n) is 8.89. The standard InChI is InChI=1S/C17H32Cl4N3O2/c1-16(2,22(18)19)11-14(13-24(5)9-7-6-8-10-24)26-15(25)12-17(3,4)23(20)21/h14H,6-13H2,1-5H3/q+1. The summed E-state index contributed by atoms with van der Waals surface area (Å²) in [5, 5.41) is 0. The van der Waals surface area contributed by atoms with E-state index in [1.165, 1.54) is 19.3 Å². The molecule has 0 saturated carbocycles. The Kier molecular flexibility index (Phi) is 9.27. The average molecular weight is 452 g/mol. The number of carbonyl (C=O) groups is 1. The SMILES string of the molecule is CC(C)(CC(=O)OC(CC(C)(C)N(Cl)Cl)C[N+]1(C)CCCCC1)N(Cl)Cl. The Hall–Kier alpha value is 0.510. The fourth-order valence-electron chi connectivity index (χ4n) is 3.36. The molecule has 1 unspecified atom stereocenters. The number of nitrogens with zero attached hydrogens (tertiary/aromatic N) is 3. The second kappa shape index (κ2) is 9.82. The normalized spacial score (nSPS) is 19.7. The van der Waals surface area contributed by atoms with Gasteiger partial charge in [-0.1, -0.05) is 0 Å². The van der Waals surface area contributed by atoms with Gasteiger partial charge in [0.1, 0.15) is 6.54 Å². The molecule has 1 fully saturated rings. The Balaban J connectivity index is 2.84. The molecule has 1 atom stereocenters. The first kappa shape index (κ1) is 24.5. The summed E-state index contributed by atoms with van der Waals surface area (Å²) < 4.78 is 8.86. The van der Waals surface area contributed by atoms with Crippen molar-refractivity contribution in [2.24, 2.45) is 0 Å². The van der Waals surface area contributed by atoms with Gasteiger partial charge in [0.2, 0.25) is 0 Å². The molecule has 5 nitrogen and oxygen atoms in total. The highest BCUT2D eigenvalue weighted by Crippen LogP contribution is 2.29. The summed E-state index contributed by atoms with van der Waals surface area (Å²) in [6.45, 7) is 10.3. The first-order valence-corrected chi connectivity index (χ1v) is 10.4. The Morgan fingerprint density at radius 2 is 1.50 bits per heavy atom. The first-order chi connectivity index (χ1) is 11.8. The molecule has 0 N–H and O–H groups in total. The number of likely N-dealkylation sites (N-methyl/N-ethyl adjacent to an activating group) is 1. The van der Waals surface area contributed by atoms with E-state index in [0.717, 1.165) is 32.0 Å². The highest BCUT2D eigenvalue weighted by molar-refractivity contribution is 6.34. The van der Waals surface area contributed by atoms with Crippen molar-refractivity contribution in [1.29, 1.82) is 0 Å². The highest BCUT2D eigenvalue weighted by atomic mass is 35.5.